The Kier molecular flexibility index (Phi) is 4.10. The lowest BCUT2D eigenvalue weighted by molar-refractivity contribution is 0.0550. The Balaban J connectivity index is 1.81. The fourth-order valence-corrected chi connectivity index (χ4v) is 3.61. The van der Waals surface area contributed by atoms with Crippen LogP contribution in [-0.4, -0.2) is 23.3 Å². The molecule has 1 aliphatic rings. The van der Waals surface area contributed by atoms with Crippen molar-refractivity contribution >= 4 is 11.3 Å². The van der Waals surface area contributed by atoms with Gasteiger partial charge in [0.15, 0.2) is 0 Å². The van der Waals surface area contributed by atoms with Crippen molar-refractivity contribution in [3.05, 3.63) is 45.9 Å². The minimum Gasteiger partial charge on any atom is -0.368 e. The number of benzene rings is 1. The van der Waals surface area contributed by atoms with Gasteiger partial charge in [-0.25, -0.2) is 0 Å². The monoisotopic (exact) mass is 289 g/mol. The molecule has 0 bridgehead atoms. The van der Waals surface area contributed by atoms with Crippen LogP contribution in [0.15, 0.2) is 30.3 Å². The summed E-state index contributed by atoms with van der Waals surface area (Å²) in [6.07, 6.45) is 2.62. The molecule has 2 aromatic rings. The third-order valence-electron chi connectivity index (χ3n) is 3.63. The van der Waals surface area contributed by atoms with Crippen LogP contribution in [0.3, 0.4) is 0 Å². The average Bonchev–Trinajstić information content (AvgIpc) is 3.10. The number of hydrogen-bond donors (Lipinski definition) is 1. The van der Waals surface area contributed by atoms with Crippen LogP contribution >= 0.6 is 11.3 Å². The van der Waals surface area contributed by atoms with Gasteiger partial charge in [0.2, 0.25) is 0 Å². The number of nitrogens with one attached hydrogen (secondary N) is 1. The molecule has 20 heavy (non-hydrogen) atoms. The normalized spacial score (nSPS) is 23.9. The molecule has 4 nitrogen and oxygen atoms in total. The van der Waals surface area contributed by atoms with Gasteiger partial charge in [-0.3, -0.25) is 0 Å². The van der Waals surface area contributed by atoms with E-state index in [1.54, 1.807) is 11.3 Å². The zero-order valence-corrected chi connectivity index (χ0v) is 12.6. The van der Waals surface area contributed by atoms with E-state index < -0.39 is 0 Å². The smallest absolute Gasteiger partial charge is 0.146 e. The summed E-state index contributed by atoms with van der Waals surface area (Å²) in [4.78, 5) is 0. The summed E-state index contributed by atoms with van der Waals surface area (Å²) in [5.41, 5.74) is 1.21. The first-order valence-electron chi connectivity index (χ1n) is 6.99. The fourth-order valence-electron chi connectivity index (χ4n) is 2.56. The number of ether oxygens (including phenoxy) is 1. The first-order valence-corrected chi connectivity index (χ1v) is 7.80. The molecule has 5 heteroatoms. The van der Waals surface area contributed by atoms with Crippen molar-refractivity contribution in [3.8, 4) is 0 Å². The van der Waals surface area contributed by atoms with Crippen LogP contribution in [0.25, 0.3) is 0 Å². The van der Waals surface area contributed by atoms with E-state index in [1.165, 1.54) is 5.56 Å². The summed E-state index contributed by atoms with van der Waals surface area (Å²) in [5.74, 6) is 0. The van der Waals surface area contributed by atoms with Gasteiger partial charge in [0.05, 0.1) is 12.1 Å². The molecule has 0 saturated carbocycles. The Morgan fingerprint density at radius 2 is 2.05 bits per heavy atom. The van der Waals surface area contributed by atoms with Gasteiger partial charge >= 0.3 is 0 Å². The van der Waals surface area contributed by atoms with E-state index in [4.69, 9.17) is 4.74 Å². The third kappa shape index (κ3) is 2.75. The summed E-state index contributed by atoms with van der Waals surface area (Å²) in [5, 5.41) is 14.0. The minimum atomic E-state index is 0.0984. The van der Waals surface area contributed by atoms with E-state index >= 15 is 0 Å². The Morgan fingerprint density at radius 1 is 1.25 bits per heavy atom. The van der Waals surface area contributed by atoms with Crippen LogP contribution in [0.1, 0.15) is 47.5 Å². The molecule has 0 amide bonds. The summed E-state index contributed by atoms with van der Waals surface area (Å²) in [6, 6.07) is 10.4. The maximum Gasteiger partial charge on any atom is 0.146 e. The maximum atomic E-state index is 5.87. The van der Waals surface area contributed by atoms with E-state index in [1.807, 2.05) is 25.2 Å². The molecule has 106 valence electrons. The number of nitrogens with zero attached hydrogens (tertiary/aromatic N) is 2. The van der Waals surface area contributed by atoms with Gasteiger partial charge in [-0.15, -0.1) is 10.2 Å². The molecular weight excluding hydrogens is 270 g/mol. The molecule has 0 spiro atoms. The van der Waals surface area contributed by atoms with Crippen LogP contribution in [0.2, 0.25) is 0 Å². The number of aromatic nitrogens is 2. The zero-order chi connectivity index (χ0) is 13.9. The van der Waals surface area contributed by atoms with Crippen molar-refractivity contribution in [2.24, 2.45) is 0 Å². The van der Waals surface area contributed by atoms with Crippen LogP contribution in [0, 0.1) is 0 Å². The van der Waals surface area contributed by atoms with E-state index in [0.717, 1.165) is 22.9 Å². The lowest BCUT2D eigenvalue weighted by Gasteiger charge is -2.12. The van der Waals surface area contributed by atoms with Crippen LogP contribution in [0.5, 0.6) is 0 Å². The Labute approximate surface area is 123 Å². The average molecular weight is 289 g/mol. The lowest BCUT2D eigenvalue weighted by atomic mass is 10.1. The van der Waals surface area contributed by atoms with E-state index in [2.05, 4.69) is 34.6 Å². The molecule has 1 fully saturated rings. The number of rotatable bonds is 4. The second kappa shape index (κ2) is 5.99. The van der Waals surface area contributed by atoms with Gasteiger partial charge in [-0.05, 0) is 32.4 Å². The predicted octanol–water partition coefficient (Wildman–Crippen LogP) is 3.09. The topological polar surface area (TPSA) is 47.0 Å². The van der Waals surface area contributed by atoms with Crippen molar-refractivity contribution in [1.82, 2.24) is 15.5 Å². The van der Waals surface area contributed by atoms with Gasteiger partial charge < -0.3 is 10.1 Å². The second-order valence-corrected chi connectivity index (χ2v) is 6.16. The molecule has 3 atom stereocenters. The standard InChI is InChI=1S/C15H19N3OS/c1-10-8-9-12(19-10)14-17-18-15(20-14)13(16-2)11-6-4-3-5-7-11/h3-7,10,12-13,16H,8-9H2,1-2H3. The Morgan fingerprint density at radius 3 is 2.70 bits per heavy atom. The first kappa shape index (κ1) is 13.7. The summed E-state index contributed by atoms with van der Waals surface area (Å²) in [7, 11) is 1.95. The fraction of sp³-hybridized carbons (Fsp3) is 0.467. The summed E-state index contributed by atoms with van der Waals surface area (Å²) >= 11 is 1.65. The van der Waals surface area contributed by atoms with Crippen molar-refractivity contribution in [1.29, 1.82) is 0 Å². The zero-order valence-electron chi connectivity index (χ0n) is 11.7. The SMILES string of the molecule is CNC(c1ccccc1)c1nnc(C2CCC(C)O2)s1. The van der Waals surface area contributed by atoms with Crippen LogP contribution in [-0.2, 0) is 4.74 Å². The predicted molar refractivity (Wildman–Crippen MR) is 79.8 cm³/mol. The molecule has 1 aromatic heterocycles. The van der Waals surface area contributed by atoms with Crippen molar-refractivity contribution < 1.29 is 4.74 Å². The Bertz CT molecular complexity index is 557. The van der Waals surface area contributed by atoms with Crippen LogP contribution < -0.4 is 5.32 Å². The Hall–Kier alpha value is -1.30. The first-order chi connectivity index (χ1) is 9.78. The summed E-state index contributed by atoms with van der Waals surface area (Å²) < 4.78 is 5.87. The maximum absolute atomic E-state index is 5.87. The minimum absolute atomic E-state index is 0.0984. The van der Waals surface area contributed by atoms with Crippen molar-refractivity contribution in [3.63, 3.8) is 0 Å². The van der Waals surface area contributed by atoms with Gasteiger partial charge in [0, 0.05) is 0 Å². The molecule has 1 aromatic carbocycles. The molecule has 2 heterocycles. The third-order valence-corrected chi connectivity index (χ3v) is 4.71. The van der Waals surface area contributed by atoms with E-state index in [9.17, 15) is 0 Å². The highest BCUT2D eigenvalue weighted by Crippen LogP contribution is 2.35. The second-order valence-electron chi connectivity index (χ2n) is 5.12. The van der Waals surface area contributed by atoms with Gasteiger partial charge in [-0.1, -0.05) is 41.7 Å². The van der Waals surface area contributed by atoms with E-state index in [0.29, 0.717) is 6.10 Å². The molecule has 1 aliphatic heterocycles. The largest absolute Gasteiger partial charge is 0.368 e. The highest BCUT2D eigenvalue weighted by atomic mass is 32.1. The lowest BCUT2D eigenvalue weighted by Crippen LogP contribution is -2.17. The molecule has 3 unspecified atom stereocenters. The quantitative estimate of drug-likeness (QED) is 0.939. The molecule has 0 aliphatic carbocycles. The summed E-state index contributed by atoms with van der Waals surface area (Å²) in [6.45, 7) is 2.11. The van der Waals surface area contributed by atoms with Crippen LogP contribution in [0.4, 0.5) is 0 Å². The number of hydrogen-bond acceptors (Lipinski definition) is 5. The molecule has 1 saturated heterocycles. The van der Waals surface area contributed by atoms with Crippen molar-refractivity contribution in [2.75, 3.05) is 7.05 Å². The molecular formula is C15H19N3OS. The highest BCUT2D eigenvalue weighted by molar-refractivity contribution is 7.11. The van der Waals surface area contributed by atoms with Crippen molar-refractivity contribution in [2.45, 2.75) is 38.0 Å². The molecule has 3 rings (SSSR count). The van der Waals surface area contributed by atoms with Gasteiger partial charge in [0.1, 0.15) is 16.1 Å². The molecule has 0 radical (unpaired) electrons. The molecule has 1 N–H and O–H groups in total. The van der Waals surface area contributed by atoms with Gasteiger partial charge in [-0.2, -0.15) is 0 Å². The highest BCUT2D eigenvalue weighted by Gasteiger charge is 2.27. The van der Waals surface area contributed by atoms with Gasteiger partial charge in [0.25, 0.3) is 0 Å². The van der Waals surface area contributed by atoms with E-state index in [-0.39, 0.29) is 12.1 Å².